The number of rotatable bonds is 3. The van der Waals surface area contributed by atoms with Gasteiger partial charge in [-0.05, 0) is 55.8 Å². The van der Waals surface area contributed by atoms with Gasteiger partial charge in [-0.15, -0.1) is 0 Å². The first kappa shape index (κ1) is 12.5. The Morgan fingerprint density at radius 3 is 2.21 bits per heavy atom. The van der Waals surface area contributed by atoms with Crippen LogP contribution in [0.1, 0.15) is 32.1 Å². The number of hydrogen-bond donors (Lipinski definition) is 2. The third-order valence-electron chi connectivity index (χ3n) is 5.14. The quantitative estimate of drug-likeness (QED) is 0.454. The van der Waals surface area contributed by atoms with Gasteiger partial charge in [0, 0.05) is 13.1 Å². The first-order valence-corrected chi connectivity index (χ1v) is 7.17. The first-order valence-electron chi connectivity index (χ1n) is 7.17. The second kappa shape index (κ2) is 4.84. The normalized spacial score (nSPS) is 41.2. The van der Waals surface area contributed by atoms with Crippen molar-refractivity contribution in [2.24, 2.45) is 39.5 Å². The molecule has 4 fully saturated rings. The molecule has 0 aromatic rings. The van der Waals surface area contributed by atoms with E-state index < -0.39 is 0 Å². The monoisotopic (exact) mass is 259 g/mol. The maximum absolute atomic E-state index is 9.03. The van der Waals surface area contributed by atoms with Gasteiger partial charge in [0.15, 0.2) is 5.84 Å². The van der Waals surface area contributed by atoms with Crippen molar-refractivity contribution in [2.45, 2.75) is 38.1 Å². The van der Waals surface area contributed by atoms with Crippen LogP contribution in [0.5, 0.6) is 0 Å². The molecule has 0 saturated heterocycles. The molecule has 0 spiro atoms. The Labute approximate surface area is 114 Å². The molecule has 0 aromatic carbocycles. The lowest BCUT2D eigenvalue weighted by atomic mass is 9.54. The molecular weight excluding hydrogens is 238 g/mol. The van der Waals surface area contributed by atoms with E-state index in [2.05, 4.69) is 15.5 Å². The Hall–Kier alpha value is -1.57. The summed E-state index contributed by atoms with van der Waals surface area (Å²) in [6.45, 7) is 0. The maximum Gasteiger partial charge on any atom is 0.201 e. The second-order valence-corrected chi connectivity index (χ2v) is 6.27. The minimum atomic E-state index is 0.205. The molecule has 0 unspecified atom stereocenters. The van der Waals surface area contributed by atoms with Gasteiger partial charge in [-0.25, -0.2) is 0 Å². The van der Waals surface area contributed by atoms with E-state index in [1.807, 2.05) is 6.07 Å². The molecule has 0 heterocycles. The average Bonchev–Trinajstić information content (AvgIpc) is 2.40. The number of nitriles is 1. The lowest BCUT2D eigenvalue weighted by Gasteiger charge is -2.54. The number of hydrogen-bond acceptors (Lipinski definition) is 4. The molecule has 4 rings (SSSR count). The SMILES string of the molecule is CN=C(N)/C(C#N)=N/NC1C2CC3CC(C2)CC1C3. The van der Waals surface area contributed by atoms with Crippen LogP contribution >= 0.6 is 0 Å². The fourth-order valence-electron chi connectivity index (χ4n) is 4.52. The highest BCUT2D eigenvalue weighted by Gasteiger charge is 2.48. The van der Waals surface area contributed by atoms with Gasteiger partial charge in [-0.2, -0.15) is 10.4 Å². The molecule has 102 valence electrons. The van der Waals surface area contributed by atoms with E-state index in [0.717, 1.165) is 23.7 Å². The highest BCUT2D eigenvalue weighted by molar-refractivity contribution is 6.46. The fraction of sp³-hybridized carbons (Fsp3) is 0.786. The topological polar surface area (TPSA) is 86.6 Å². The van der Waals surface area contributed by atoms with Crippen molar-refractivity contribution in [2.75, 3.05) is 7.05 Å². The molecule has 0 aliphatic heterocycles. The van der Waals surface area contributed by atoms with Gasteiger partial charge >= 0.3 is 0 Å². The number of nitrogens with two attached hydrogens (primary N) is 1. The van der Waals surface area contributed by atoms with E-state index in [0.29, 0.717) is 6.04 Å². The van der Waals surface area contributed by atoms with E-state index in [9.17, 15) is 0 Å². The first-order chi connectivity index (χ1) is 9.21. The number of aliphatic imine (C=N–C) groups is 1. The zero-order valence-electron chi connectivity index (χ0n) is 11.3. The van der Waals surface area contributed by atoms with Gasteiger partial charge in [-0.3, -0.25) is 4.99 Å². The number of nitrogens with one attached hydrogen (secondary N) is 1. The minimum Gasteiger partial charge on any atom is -0.382 e. The maximum atomic E-state index is 9.03. The van der Waals surface area contributed by atoms with Crippen molar-refractivity contribution in [1.82, 2.24) is 5.43 Å². The van der Waals surface area contributed by atoms with Gasteiger partial charge in [0.2, 0.25) is 5.71 Å². The molecule has 4 saturated carbocycles. The van der Waals surface area contributed by atoms with Crippen LogP contribution in [0.4, 0.5) is 0 Å². The fourth-order valence-corrected chi connectivity index (χ4v) is 4.52. The molecule has 0 atom stereocenters. The van der Waals surface area contributed by atoms with Crippen LogP contribution in [0.2, 0.25) is 0 Å². The van der Waals surface area contributed by atoms with E-state index in [1.165, 1.54) is 32.1 Å². The van der Waals surface area contributed by atoms with E-state index in [-0.39, 0.29) is 11.5 Å². The lowest BCUT2D eigenvalue weighted by molar-refractivity contribution is -0.0132. The summed E-state index contributed by atoms with van der Waals surface area (Å²) < 4.78 is 0. The summed E-state index contributed by atoms with van der Waals surface area (Å²) in [5, 5.41) is 13.2. The molecule has 0 radical (unpaired) electrons. The Morgan fingerprint density at radius 1 is 1.16 bits per heavy atom. The van der Waals surface area contributed by atoms with Gasteiger partial charge in [0.1, 0.15) is 6.07 Å². The summed E-state index contributed by atoms with van der Waals surface area (Å²) in [4.78, 5) is 3.82. The van der Waals surface area contributed by atoms with Gasteiger partial charge in [0.25, 0.3) is 0 Å². The van der Waals surface area contributed by atoms with Gasteiger partial charge < -0.3 is 11.2 Å². The van der Waals surface area contributed by atoms with Crippen molar-refractivity contribution >= 4 is 11.5 Å². The van der Waals surface area contributed by atoms with E-state index in [1.54, 1.807) is 7.05 Å². The summed E-state index contributed by atoms with van der Waals surface area (Å²) in [7, 11) is 1.57. The summed E-state index contributed by atoms with van der Waals surface area (Å²) >= 11 is 0. The van der Waals surface area contributed by atoms with Crippen molar-refractivity contribution in [1.29, 1.82) is 5.26 Å². The molecule has 5 nitrogen and oxygen atoms in total. The van der Waals surface area contributed by atoms with Crippen LogP contribution in [0.3, 0.4) is 0 Å². The highest BCUT2D eigenvalue weighted by Crippen LogP contribution is 2.53. The molecule has 3 N–H and O–H groups in total. The standard InChI is InChI=1S/C14H21N5/c1-17-14(16)12(7-15)18-19-13-10-3-8-2-9(5-10)6-11(13)4-8/h8-11,13,19H,2-6H2,1H3,(H2,16,17)/b18-12+. The molecule has 4 bridgehead atoms. The minimum absolute atomic E-state index is 0.205. The van der Waals surface area contributed by atoms with Crippen molar-refractivity contribution < 1.29 is 0 Å². The smallest absolute Gasteiger partial charge is 0.201 e. The van der Waals surface area contributed by atoms with Gasteiger partial charge in [0.05, 0.1) is 0 Å². The second-order valence-electron chi connectivity index (χ2n) is 6.27. The predicted octanol–water partition coefficient (Wildman–Crippen LogP) is 1.27. The zero-order chi connectivity index (χ0) is 13.4. The summed E-state index contributed by atoms with van der Waals surface area (Å²) in [5.74, 6) is 3.57. The Morgan fingerprint density at radius 2 is 1.74 bits per heavy atom. The molecule has 4 aliphatic rings. The third kappa shape index (κ3) is 2.20. The van der Waals surface area contributed by atoms with Crippen LogP contribution in [0.25, 0.3) is 0 Å². The molecule has 19 heavy (non-hydrogen) atoms. The highest BCUT2D eigenvalue weighted by atomic mass is 15.3. The lowest BCUT2D eigenvalue weighted by Crippen LogP contribution is -2.53. The molecule has 0 amide bonds. The van der Waals surface area contributed by atoms with E-state index in [4.69, 9.17) is 11.0 Å². The van der Waals surface area contributed by atoms with Crippen molar-refractivity contribution in [3.63, 3.8) is 0 Å². The molecular formula is C14H21N5. The number of hydrazone groups is 1. The van der Waals surface area contributed by atoms with Crippen molar-refractivity contribution in [3.8, 4) is 6.07 Å². The average molecular weight is 259 g/mol. The predicted molar refractivity (Wildman–Crippen MR) is 74.6 cm³/mol. The van der Waals surface area contributed by atoms with Crippen LogP contribution in [-0.2, 0) is 0 Å². The molecule has 4 aliphatic carbocycles. The Balaban J connectivity index is 1.71. The third-order valence-corrected chi connectivity index (χ3v) is 5.14. The largest absolute Gasteiger partial charge is 0.382 e. The molecule has 0 aromatic heterocycles. The number of amidine groups is 1. The Bertz CT molecular complexity index is 431. The zero-order valence-corrected chi connectivity index (χ0v) is 11.3. The summed E-state index contributed by atoms with van der Waals surface area (Å²) in [6, 6.07) is 2.44. The van der Waals surface area contributed by atoms with Crippen LogP contribution < -0.4 is 11.2 Å². The Kier molecular flexibility index (Phi) is 3.17. The van der Waals surface area contributed by atoms with E-state index >= 15 is 0 Å². The number of nitrogens with zero attached hydrogens (tertiary/aromatic N) is 3. The summed E-state index contributed by atoms with van der Waals surface area (Å²) in [6.07, 6.45) is 6.78. The van der Waals surface area contributed by atoms with Crippen LogP contribution in [-0.4, -0.2) is 24.6 Å². The van der Waals surface area contributed by atoms with Gasteiger partial charge in [-0.1, -0.05) is 0 Å². The summed E-state index contributed by atoms with van der Waals surface area (Å²) in [5.41, 5.74) is 9.09. The van der Waals surface area contributed by atoms with Crippen molar-refractivity contribution in [3.05, 3.63) is 0 Å². The van der Waals surface area contributed by atoms with Crippen LogP contribution in [0, 0.1) is 35.0 Å². The van der Waals surface area contributed by atoms with Crippen LogP contribution in [0.15, 0.2) is 10.1 Å². The molecule has 5 heteroatoms.